The van der Waals surface area contributed by atoms with Crippen molar-refractivity contribution < 1.29 is 13.2 Å². The van der Waals surface area contributed by atoms with Crippen LogP contribution in [0.1, 0.15) is 74.0 Å². The molecule has 7 aromatic carbocycles. The maximum Gasteiger partial charge on any atom is 0.289 e. The first-order chi connectivity index (χ1) is 55.7. The number of para-hydroxylation sites is 3. The van der Waals surface area contributed by atoms with Crippen molar-refractivity contribution in [3.8, 4) is 0 Å². The standard InChI is InChI=1S/C13H18N2.2C12H17N3.2C11H15N3.C10H13N3.C10H12N2O.C5H11NO2S.C5H11NS/c1-11-6-3-4-7-12(11)10-15(2)13-8-5-9-14-13;1-10-5-3-4-6-11(10)9-14-12-13-7-8-15(12)2;1-10-5-3-4-6-11(10)9-15(2)12-13-7-8-14-12;1-9-5-3-4-6-10(9)13-11-12-7-8-14(11)2;1-9-4-2-3-5-10(9)8-14-11-12-6-7-13-11;1-8-4-2-3-5-9(8)13-10-11-6-7-12-10;1-8-4-2-3-5-9(8)12-10-11-6-7-13-10;1-6-2-4-9(7,8)5-3-6;1-6-2-4-7-5-3-6/h3-4,6-7H,5,8-10H2,1-2H3;2*3-6H,7-9H2,1-2H3,(H,13,14);3-6H,7-8H2,1-2H3,(H,12,13);2-5H,6-8H2,1H3,(H2,12,13,14);2-5H,6-7H2,1H3,(H2,11,12,13);2-5H,6-7H2,1H3,(H,11,12);2-5H2,1H3;2-5H2,1H3. The van der Waals surface area contributed by atoms with Gasteiger partial charge in [0.15, 0.2) is 39.6 Å². The number of nitrogens with zero attached hydrogens (tertiary/aromatic N) is 13. The zero-order chi connectivity index (χ0) is 82.0. The molecular weight excluding hydrogens is 1480 g/mol. The summed E-state index contributed by atoms with van der Waals surface area (Å²) in [5.41, 5.74) is 17.8. The summed E-state index contributed by atoms with van der Waals surface area (Å²) in [6, 6.07) is 59.0. The quantitative estimate of drug-likeness (QED) is 0.0600. The SMILES string of the molecule is CN1CCS(=O)(=O)CC1.CN1CCSCC1.Cc1ccccc1CN(C)C1=NCCC1.Cc1ccccc1CN(C)C1=NCCN1.Cc1ccccc1CNC1=NCCN1.Cc1ccccc1CNC1=NCCN1C.Cc1ccccc1NC1=NCCN1.Cc1ccccc1NC1=NCCN1C.Cc1ccccc1NC1=NCCO1. The summed E-state index contributed by atoms with van der Waals surface area (Å²) < 4.78 is 26.8. The highest BCUT2D eigenvalue weighted by Crippen LogP contribution is 2.19. The second-order valence-electron chi connectivity index (χ2n) is 29.5. The van der Waals surface area contributed by atoms with Crippen LogP contribution >= 0.6 is 11.8 Å². The van der Waals surface area contributed by atoms with E-state index in [1.54, 1.807) is 0 Å². The first-order valence-electron chi connectivity index (χ1n) is 40.4. The number of amidine groups is 2. The van der Waals surface area contributed by atoms with Crippen molar-refractivity contribution >= 4 is 80.3 Å². The Hall–Kier alpha value is -10.2. The average molecular weight is 1610 g/mol. The molecule has 2 saturated heterocycles. The lowest BCUT2D eigenvalue weighted by molar-refractivity contribution is 0.346. The molecule has 8 N–H and O–H groups in total. The van der Waals surface area contributed by atoms with Gasteiger partial charge in [0, 0.05) is 155 Å². The number of rotatable bonds is 11. The van der Waals surface area contributed by atoms with Crippen molar-refractivity contribution in [3.63, 3.8) is 0 Å². The zero-order valence-corrected chi connectivity index (χ0v) is 72.2. The third-order valence-corrected chi connectivity index (χ3v) is 22.6. The van der Waals surface area contributed by atoms with Crippen LogP contribution in [0.5, 0.6) is 0 Å². The van der Waals surface area contributed by atoms with E-state index in [1.807, 2.05) is 54.4 Å². The van der Waals surface area contributed by atoms with E-state index >= 15 is 0 Å². The highest BCUT2D eigenvalue weighted by atomic mass is 32.2. The number of ether oxygens (including phenoxy) is 1. The predicted octanol–water partition coefficient (Wildman–Crippen LogP) is 11.3. The molecule has 2 fully saturated rings. The summed E-state index contributed by atoms with van der Waals surface area (Å²) in [7, 11) is 9.79. The largest absolute Gasteiger partial charge is 0.463 e. The number of aliphatic imine (C=N–C) groups is 7. The fraction of sp³-hybridized carbons (Fsp3) is 0.449. The molecule has 9 aliphatic heterocycles. The second kappa shape index (κ2) is 49.6. The van der Waals surface area contributed by atoms with Crippen molar-refractivity contribution in [2.24, 2.45) is 34.9 Å². The van der Waals surface area contributed by atoms with Crippen LogP contribution in [0.25, 0.3) is 0 Å². The van der Waals surface area contributed by atoms with Crippen LogP contribution in [-0.4, -0.2) is 256 Å². The first kappa shape index (κ1) is 90.4. The molecule has 0 amide bonds. The van der Waals surface area contributed by atoms with Gasteiger partial charge < -0.3 is 76.7 Å². The number of hydrogen-bond acceptors (Lipinski definition) is 25. The number of guanidine groups is 5. The van der Waals surface area contributed by atoms with Crippen molar-refractivity contribution in [2.45, 2.75) is 87.5 Å². The average Bonchev–Trinajstić information content (AvgIpc) is 1.34. The number of aryl methyl sites for hydroxylation is 7. The van der Waals surface area contributed by atoms with Crippen LogP contribution in [-0.2, 0) is 40.8 Å². The molecule has 0 unspecified atom stereocenters. The molecule has 0 aliphatic carbocycles. The van der Waals surface area contributed by atoms with Gasteiger partial charge in [-0.2, -0.15) is 11.8 Å². The van der Waals surface area contributed by atoms with Crippen LogP contribution in [0.3, 0.4) is 0 Å². The van der Waals surface area contributed by atoms with Gasteiger partial charge in [-0.1, -0.05) is 152 Å². The fourth-order valence-electron chi connectivity index (χ4n) is 12.5. The smallest absolute Gasteiger partial charge is 0.289 e. The molecule has 0 saturated carbocycles. The van der Waals surface area contributed by atoms with Gasteiger partial charge in [-0.25, -0.2) is 13.4 Å². The lowest BCUT2D eigenvalue weighted by atomic mass is 10.1. The number of nitrogens with one attached hydrogen (secondary N) is 8. The maximum atomic E-state index is 10.8. The Morgan fingerprint density at radius 1 is 0.417 bits per heavy atom. The Morgan fingerprint density at radius 3 is 1.27 bits per heavy atom. The van der Waals surface area contributed by atoms with Gasteiger partial charge in [-0.15, -0.1) is 0 Å². The molecule has 0 radical (unpaired) electrons. The van der Waals surface area contributed by atoms with Crippen molar-refractivity contribution in [1.82, 2.24) is 56.0 Å². The van der Waals surface area contributed by atoms with Gasteiger partial charge in [-0.05, 0) is 148 Å². The predicted molar refractivity (Wildman–Crippen MR) is 487 cm³/mol. The van der Waals surface area contributed by atoms with E-state index in [4.69, 9.17) is 4.74 Å². The molecule has 0 atom stereocenters. The number of thioether (sulfide) groups is 1. The molecule has 9 aliphatic rings. The van der Waals surface area contributed by atoms with E-state index in [2.05, 4.69) is 325 Å². The molecule has 0 bridgehead atoms. The number of anilines is 3. The van der Waals surface area contributed by atoms with E-state index in [-0.39, 0.29) is 0 Å². The molecule has 26 heteroatoms. The van der Waals surface area contributed by atoms with Gasteiger partial charge in [0.2, 0.25) is 0 Å². The van der Waals surface area contributed by atoms with Crippen molar-refractivity contribution in [2.75, 3.05) is 193 Å². The topological polar surface area (TPSA) is 246 Å². The van der Waals surface area contributed by atoms with Gasteiger partial charge in [0.1, 0.15) is 6.61 Å². The minimum absolute atomic E-state index is 0.337. The monoisotopic (exact) mass is 1600 g/mol. The van der Waals surface area contributed by atoms with Gasteiger partial charge in [0.25, 0.3) is 6.02 Å². The Kier molecular flexibility index (Phi) is 39.0. The Morgan fingerprint density at radius 2 is 0.852 bits per heavy atom. The summed E-state index contributed by atoms with van der Waals surface area (Å²) >= 11 is 2.06. The van der Waals surface area contributed by atoms with Crippen molar-refractivity contribution in [1.29, 1.82) is 0 Å². The van der Waals surface area contributed by atoms with Gasteiger partial charge in [0.05, 0.1) is 56.6 Å². The molecular formula is C89H129N21O3S2. The highest BCUT2D eigenvalue weighted by Gasteiger charge is 2.20. The number of sulfone groups is 1. The fourth-order valence-corrected chi connectivity index (χ4v) is 14.9. The lowest BCUT2D eigenvalue weighted by Crippen LogP contribution is -2.37. The zero-order valence-electron chi connectivity index (χ0n) is 70.6. The maximum absolute atomic E-state index is 10.8. The molecule has 115 heavy (non-hydrogen) atoms. The third kappa shape index (κ3) is 33.3. The van der Waals surface area contributed by atoms with Gasteiger partial charge in [-0.3, -0.25) is 30.0 Å². The summed E-state index contributed by atoms with van der Waals surface area (Å²) in [5, 5.41) is 26.0. The van der Waals surface area contributed by atoms with Crippen LogP contribution in [0.15, 0.2) is 205 Å². The van der Waals surface area contributed by atoms with Crippen LogP contribution in [0.2, 0.25) is 0 Å². The van der Waals surface area contributed by atoms with Crippen LogP contribution in [0, 0.1) is 48.5 Å². The van der Waals surface area contributed by atoms with E-state index in [0.717, 1.165) is 158 Å². The van der Waals surface area contributed by atoms with E-state index in [0.29, 0.717) is 37.2 Å². The minimum atomic E-state index is -2.66. The Balaban J connectivity index is 0.000000163. The number of benzene rings is 7. The first-order valence-corrected chi connectivity index (χ1v) is 43.4. The second-order valence-corrected chi connectivity index (χ2v) is 33.0. The van der Waals surface area contributed by atoms with Gasteiger partial charge >= 0.3 is 0 Å². The van der Waals surface area contributed by atoms with E-state index in [9.17, 15) is 8.42 Å². The summed E-state index contributed by atoms with van der Waals surface area (Å²) in [4.78, 5) is 43.5. The normalized spacial score (nSPS) is 16.7. The molecule has 7 aromatic rings. The van der Waals surface area contributed by atoms with Crippen LogP contribution < -0.4 is 42.5 Å². The van der Waals surface area contributed by atoms with Crippen LogP contribution in [0.4, 0.5) is 17.1 Å². The van der Waals surface area contributed by atoms with E-state index in [1.165, 1.54) is 98.0 Å². The highest BCUT2D eigenvalue weighted by molar-refractivity contribution is 7.99. The Labute approximate surface area is 691 Å². The third-order valence-electron chi connectivity index (χ3n) is 20.1. The molecule has 24 nitrogen and oxygen atoms in total. The molecule has 9 heterocycles. The molecule has 0 aromatic heterocycles. The van der Waals surface area contributed by atoms with Crippen molar-refractivity contribution in [3.05, 3.63) is 231 Å². The minimum Gasteiger partial charge on any atom is -0.463 e. The van der Waals surface area contributed by atoms with E-state index < -0.39 is 9.84 Å². The summed E-state index contributed by atoms with van der Waals surface area (Å²) in [5.74, 6) is 9.40. The number of hydrogen-bond donors (Lipinski definition) is 8. The molecule has 16 rings (SSSR count). The number of likely N-dealkylation sites (N-methyl/N-ethyl adjacent to an activating group) is 2. The molecule has 620 valence electrons. The lowest BCUT2D eigenvalue weighted by Gasteiger charge is -2.21. The molecule has 0 spiro atoms. The summed E-state index contributed by atoms with van der Waals surface area (Å²) in [6.45, 7) is 34.2. The summed E-state index contributed by atoms with van der Waals surface area (Å²) in [6.07, 6.45) is 2.36. The Bertz CT molecular complexity index is 4290.